The lowest BCUT2D eigenvalue weighted by atomic mass is 9.89. The maximum absolute atomic E-state index is 13.4. The Balaban J connectivity index is 1.79. The van der Waals surface area contributed by atoms with Crippen LogP contribution >= 0.6 is 11.6 Å². The van der Waals surface area contributed by atoms with E-state index < -0.39 is 17.3 Å². The van der Waals surface area contributed by atoms with Gasteiger partial charge < -0.3 is 0 Å². The number of benzene rings is 2. The fraction of sp³-hybridized carbons (Fsp3) is 0.333. The van der Waals surface area contributed by atoms with Gasteiger partial charge in [0.25, 0.3) is 0 Å². The lowest BCUT2D eigenvalue weighted by molar-refractivity contribution is -0.137. The fourth-order valence-corrected chi connectivity index (χ4v) is 4.44. The SMILES string of the molecule is N#Cc1ccc(N2C(=O)N(c3ccc(Cl)cc3)C3CCCCC32)cc1C(F)(F)F. The lowest BCUT2D eigenvalue weighted by Crippen LogP contribution is -2.40. The summed E-state index contributed by atoms with van der Waals surface area (Å²) in [7, 11) is 0. The summed E-state index contributed by atoms with van der Waals surface area (Å²) in [5, 5.41) is 9.58. The first-order valence-corrected chi connectivity index (χ1v) is 9.68. The van der Waals surface area contributed by atoms with Crippen LogP contribution in [0.5, 0.6) is 0 Å². The van der Waals surface area contributed by atoms with Crippen LogP contribution in [-0.4, -0.2) is 18.1 Å². The number of rotatable bonds is 2. The minimum absolute atomic E-state index is 0.123. The van der Waals surface area contributed by atoms with Crippen LogP contribution in [0.15, 0.2) is 42.5 Å². The number of nitrogens with zero attached hydrogens (tertiary/aromatic N) is 3. The van der Waals surface area contributed by atoms with Crippen LogP contribution in [0.1, 0.15) is 36.8 Å². The van der Waals surface area contributed by atoms with Crippen molar-refractivity contribution in [2.45, 2.75) is 43.9 Å². The molecule has 2 unspecified atom stereocenters. The monoisotopic (exact) mass is 419 g/mol. The Morgan fingerprint density at radius 2 is 1.52 bits per heavy atom. The number of nitriles is 1. The summed E-state index contributed by atoms with van der Waals surface area (Å²) in [4.78, 5) is 16.5. The number of halogens is 4. The van der Waals surface area contributed by atoms with Crippen LogP contribution < -0.4 is 9.80 Å². The number of urea groups is 1. The van der Waals surface area contributed by atoms with E-state index in [1.54, 1.807) is 35.2 Å². The number of amides is 2. The van der Waals surface area contributed by atoms with Gasteiger partial charge in [0.15, 0.2) is 0 Å². The average molecular weight is 420 g/mol. The molecule has 2 atom stereocenters. The molecule has 2 amide bonds. The molecule has 2 aliphatic rings. The highest BCUT2D eigenvalue weighted by atomic mass is 35.5. The van der Waals surface area contributed by atoms with Gasteiger partial charge in [-0.2, -0.15) is 18.4 Å². The second-order valence-corrected chi connectivity index (χ2v) is 7.69. The maximum atomic E-state index is 13.4. The predicted octanol–water partition coefficient (Wildman–Crippen LogP) is 5.99. The number of fused-ring (bicyclic) bond motifs is 1. The van der Waals surface area contributed by atoms with E-state index in [0.717, 1.165) is 31.4 Å². The van der Waals surface area contributed by atoms with E-state index in [4.69, 9.17) is 16.9 Å². The van der Waals surface area contributed by atoms with E-state index in [9.17, 15) is 18.0 Å². The molecule has 0 aromatic heterocycles. The zero-order chi connectivity index (χ0) is 20.8. The minimum Gasteiger partial charge on any atom is -0.289 e. The molecular formula is C21H17ClF3N3O. The average Bonchev–Trinajstić information content (AvgIpc) is 2.99. The Morgan fingerprint density at radius 3 is 2.07 bits per heavy atom. The molecule has 0 bridgehead atoms. The van der Waals surface area contributed by atoms with Crippen LogP contribution in [0.3, 0.4) is 0 Å². The second kappa shape index (κ2) is 7.27. The maximum Gasteiger partial charge on any atom is 0.417 e. The van der Waals surface area contributed by atoms with Crippen LogP contribution in [0.25, 0.3) is 0 Å². The van der Waals surface area contributed by atoms with Gasteiger partial charge in [-0.1, -0.05) is 24.4 Å². The second-order valence-electron chi connectivity index (χ2n) is 7.26. The third-order valence-corrected chi connectivity index (χ3v) is 5.83. The van der Waals surface area contributed by atoms with Crippen molar-refractivity contribution in [2.24, 2.45) is 0 Å². The van der Waals surface area contributed by atoms with Gasteiger partial charge >= 0.3 is 12.2 Å². The van der Waals surface area contributed by atoms with Crippen molar-refractivity contribution in [3.63, 3.8) is 0 Å². The highest BCUT2D eigenvalue weighted by molar-refractivity contribution is 6.30. The Morgan fingerprint density at radius 1 is 0.966 bits per heavy atom. The Kier molecular flexibility index (Phi) is 4.91. The van der Waals surface area contributed by atoms with Crippen LogP contribution in [0.4, 0.5) is 29.3 Å². The van der Waals surface area contributed by atoms with Crippen molar-refractivity contribution in [1.29, 1.82) is 5.26 Å². The molecule has 1 aliphatic carbocycles. The Bertz CT molecular complexity index is 984. The van der Waals surface area contributed by atoms with Crippen molar-refractivity contribution >= 4 is 29.0 Å². The topological polar surface area (TPSA) is 47.3 Å². The van der Waals surface area contributed by atoms with Crippen LogP contribution in [0, 0.1) is 11.3 Å². The van der Waals surface area contributed by atoms with E-state index in [-0.39, 0.29) is 23.8 Å². The molecule has 2 fully saturated rings. The first kappa shape index (κ1) is 19.6. The fourth-order valence-electron chi connectivity index (χ4n) is 4.31. The molecule has 0 spiro atoms. The predicted molar refractivity (Wildman–Crippen MR) is 104 cm³/mol. The van der Waals surface area contributed by atoms with Gasteiger partial charge in [-0.25, -0.2) is 4.79 Å². The third-order valence-electron chi connectivity index (χ3n) is 5.58. The van der Waals surface area contributed by atoms with E-state index in [0.29, 0.717) is 17.1 Å². The van der Waals surface area contributed by atoms with Crippen molar-refractivity contribution in [3.05, 3.63) is 58.6 Å². The molecule has 8 heteroatoms. The molecule has 4 nitrogen and oxygen atoms in total. The van der Waals surface area contributed by atoms with Crippen molar-refractivity contribution in [3.8, 4) is 6.07 Å². The van der Waals surface area contributed by atoms with Gasteiger partial charge in [-0.05, 0) is 55.3 Å². The standard InChI is InChI=1S/C21H17ClF3N3O/c22-14-6-9-15(10-7-14)27-18-3-1-2-4-19(18)28(20(27)29)16-8-5-13(12-26)17(11-16)21(23,24)25/h5-11,18-19H,1-4H2. The number of hydrogen-bond donors (Lipinski definition) is 0. The number of carbonyl (C=O) groups is 1. The molecule has 1 aliphatic heterocycles. The summed E-state index contributed by atoms with van der Waals surface area (Å²) in [5.41, 5.74) is -0.650. The molecule has 0 radical (unpaired) electrons. The smallest absolute Gasteiger partial charge is 0.289 e. The number of alkyl halides is 3. The summed E-state index contributed by atoms with van der Waals surface area (Å²) in [6, 6.07) is 11.2. The van der Waals surface area contributed by atoms with Gasteiger partial charge in [0.1, 0.15) is 0 Å². The van der Waals surface area contributed by atoms with Crippen LogP contribution in [0.2, 0.25) is 5.02 Å². The van der Waals surface area contributed by atoms with E-state index >= 15 is 0 Å². The molecule has 2 aromatic rings. The molecular weight excluding hydrogens is 403 g/mol. The summed E-state index contributed by atoms with van der Waals surface area (Å²) < 4.78 is 40.3. The van der Waals surface area contributed by atoms with Gasteiger partial charge in [0, 0.05) is 16.4 Å². The molecule has 1 saturated carbocycles. The minimum atomic E-state index is -4.67. The normalized spacial score (nSPS) is 21.8. The van der Waals surface area contributed by atoms with Crippen molar-refractivity contribution < 1.29 is 18.0 Å². The first-order chi connectivity index (χ1) is 13.8. The zero-order valence-corrected chi connectivity index (χ0v) is 16.0. The third kappa shape index (κ3) is 3.42. The Hall–Kier alpha value is -2.72. The summed E-state index contributed by atoms with van der Waals surface area (Å²) >= 11 is 5.96. The van der Waals surface area contributed by atoms with E-state index in [1.165, 1.54) is 11.0 Å². The molecule has 1 heterocycles. The number of anilines is 2. The zero-order valence-electron chi connectivity index (χ0n) is 15.3. The lowest BCUT2D eigenvalue weighted by Gasteiger charge is -2.32. The molecule has 150 valence electrons. The summed E-state index contributed by atoms with van der Waals surface area (Å²) in [6.45, 7) is 0. The van der Waals surface area contributed by atoms with E-state index in [2.05, 4.69) is 0 Å². The van der Waals surface area contributed by atoms with E-state index in [1.807, 2.05) is 0 Å². The number of carbonyl (C=O) groups excluding carboxylic acids is 1. The molecule has 2 aromatic carbocycles. The molecule has 1 saturated heterocycles. The number of hydrogen-bond acceptors (Lipinski definition) is 2. The summed E-state index contributed by atoms with van der Waals surface area (Å²) in [5.74, 6) is 0. The van der Waals surface area contributed by atoms with Crippen molar-refractivity contribution in [1.82, 2.24) is 0 Å². The molecule has 0 N–H and O–H groups in total. The quantitative estimate of drug-likeness (QED) is 0.600. The highest BCUT2D eigenvalue weighted by Gasteiger charge is 2.48. The van der Waals surface area contributed by atoms with Gasteiger partial charge in [0.2, 0.25) is 0 Å². The summed E-state index contributed by atoms with van der Waals surface area (Å²) in [6.07, 6.45) is -1.33. The first-order valence-electron chi connectivity index (χ1n) is 9.30. The van der Waals surface area contributed by atoms with Gasteiger partial charge in [-0.15, -0.1) is 0 Å². The Labute approximate surface area is 171 Å². The van der Waals surface area contributed by atoms with Gasteiger partial charge in [-0.3, -0.25) is 9.80 Å². The highest BCUT2D eigenvalue weighted by Crippen LogP contribution is 2.42. The van der Waals surface area contributed by atoms with Crippen LogP contribution in [-0.2, 0) is 6.18 Å². The molecule has 4 rings (SSSR count). The molecule has 29 heavy (non-hydrogen) atoms. The largest absolute Gasteiger partial charge is 0.417 e. The van der Waals surface area contributed by atoms with Gasteiger partial charge in [0.05, 0.1) is 29.3 Å². The van der Waals surface area contributed by atoms with Crippen molar-refractivity contribution in [2.75, 3.05) is 9.80 Å².